The van der Waals surface area contributed by atoms with Gasteiger partial charge in [0.1, 0.15) is 6.33 Å². The van der Waals surface area contributed by atoms with E-state index in [-0.39, 0.29) is 6.04 Å². The molecule has 17 heavy (non-hydrogen) atoms. The molecule has 1 aromatic carbocycles. The Morgan fingerprint density at radius 3 is 2.59 bits per heavy atom. The summed E-state index contributed by atoms with van der Waals surface area (Å²) in [4.78, 5) is 8.15. The van der Waals surface area contributed by atoms with Crippen molar-refractivity contribution in [3.05, 3.63) is 58.6 Å². The normalized spacial score (nSPS) is 12.4. The number of nitrogens with zero attached hydrogens (tertiary/aromatic N) is 2. The highest BCUT2D eigenvalue weighted by Gasteiger charge is 2.15. The highest BCUT2D eigenvalue weighted by atomic mass is 79.9. The third-order valence-corrected chi connectivity index (χ3v) is 3.26. The monoisotopic (exact) mass is 291 g/mol. The van der Waals surface area contributed by atoms with E-state index < -0.39 is 0 Å². The first-order valence-corrected chi connectivity index (χ1v) is 6.35. The maximum absolute atomic E-state index is 4.08. The fraction of sp³-hybridized carbons (Fsp3) is 0.231. The maximum Gasteiger partial charge on any atom is 0.115 e. The SMILES string of the molecule is CCNC(c1cncnc1)c1ccccc1Br. The van der Waals surface area contributed by atoms with Gasteiger partial charge in [-0.1, -0.05) is 41.1 Å². The Bertz CT molecular complexity index is 473. The van der Waals surface area contributed by atoms with Crippen LogP contribution in [0.25, 0.3) is 0 Å². The summed E-state index contributed by atoms with van der Waals surface area (Å²) in [7, 11) is 0. The van der Waals surface area contributed by atoms with Crippen molar-refractivity contribution < 1.29 is 0 Å². The van der Waals surface area contributed by atoms with E-state index in [0.29, 0.717) is 0 Å². The molecule has 0 fully saturated rings. The van der Waals surface area contributed by atoms with Gasteiger partial charge in [0.15, 0.2) is 0 Å². The first kappa shape index (κ1) is 12.2. The van der Waals surface area contributed by atoms with E-state index in [2.05, 4.69) is 44.2 Å². The minimum absolute atomic E-state index is 0.122. The van der Waals surface area contributed by atoms with E-state index in [1.165, 1.54) is 5.56 Å². The van der Waals surface area contributed by atoms with Gasteiger partial charge in [-0.15, -0.1) is 0 Å². The third kappa shape index (κ3) is 2.90. The molecule has 0 amide bonds. The molecule has 2 rings (SSSR count). The summed E-state index contributed by atoms with van der Waals surface area (Å²) in [6, 6.07) is 8.32. The van der Waals surface area contributed by atoms with Crippen LogP contribution in [0.5, 0.6) is 0 Å². The lowest BCUT2D eigenvalue weighted by molar-refractivity contribution is 0.624. The van der Waals surface area contributed by atoms with Crippen LogP contribution in [0.3, 0.4) is 0 Å². The van der Waals surface area contributed by atoms with E-state index in [9.17, 15) is 0 Å². The van der Waals surface area contributed by atoms with Crippen LogP contribution < -0.4 is 5.32 Å². The van der Waals surface area contributed by atoms with Gasteiger partial charge in [-0.3, -0.25) is 0 Å². The van der Waals surface area contributed by atoms with Crippen LogP contribution in [-0.2, 0) is 0 Å². The number of halogens is 1. The van der Waals surface area contributed by atoms with Crippen molar-refractivity contribution >= 4 is 15.9 Å². The van der Waals surface area contributed by atoms with Crippen LogP contribution in [-0.4, -0.2) is 16.5 Å². The lowest BCUT2D eigenvalue weighted by Gasteiger charge is -2.19. The molecule has 2 aromatic rings. The third-order valence-electron chi connectivity index (χ3n) is 2.54. The van der Waals surface area contributed by atoms with Gasteiger partial charge in [0.2, 0.25) is 0 Å². The number of hydrogen-bond acceptors (Lipinski definition) is 3. The van der Waals surface area contributed by atoms with E-state index in [4.69, 9.17) is 0 Å². The molecular formula is C13H14BrN3. The van der Waals surface area contributed by atoms with Crippen LogP contribution >= 0.6 is 15.9 Å². The summed E-state index contributed by atoms with van der Waals surface area (Å²) >= 11 is 3.58. The molecule has 0 saturated heterocycles. The molecule has 4 heteroatoms. The molecule has 0 bridgehead atoms. The van der Waals surface area contributed by atoms with Crippen LogP contribution in [0.2, 0.25) is 0 Å². The van der Waals surface area contributed by atoms with Crippen molar-refractivity contribution in [3.8, 4) is 0 Å². The first-order valence-electron chi connectivity index (χ1n) is 5.55. The zero-order valence-electron chi connectivity index (χ0n) is 9.60. The largest absolute Gasteiger partial charge is 0.306 e. The second kappa shape index (κ2) is 5.89. The molecule has 0 radical (unpaired) electrons. The highest BCUT2D eigenvalue weighted by molar-refractivity contribution is 9.10. The molecule has 1 aromatic heterocycles. The average Bonchev–Trinajstić information content (AvgIpc) is 2.38. The van der Waals surface area contributed by atoms with Crippen LogP contribution in [0.1, 0.15) is 24.1 Å². The zero-order chi connectivity index (χ0) is 12.1. The summed E-state index contributed by atoms with van der Waals surface area (Å²) in [6.45, 7) is 2.98. The lowest BCUT2D eigenvalue weighted by Crippen LogP contribution is -2.22. The summed E-state index contributed by atoms with van der Waals surface area (Å²) in [5, 5.41) is 3.45. The topological polar surface area (TPSA) is 37.8 Å². The van der Waals surface area contributed by atoms with Gasteiger partial charge in [0, 0.05) is 22.4 Å². The second-order valence-corrected chi connectivity index (χ2v) is 4.54. The molecule has 1 N–H and O–H groups in total. The van der Waals surface area contributed by atoms with Crippen molar-refractivity contribution in [2.24, 2.45) is 0 Å². The Hall–Kier alpha value is -1.26. The fourth-order valence-electron chi connectivity index (χ4n) is 1.78. The Labute approximate surface area is 109 Å². The van der Waals surface area contributed by atoms with Gasteiger partial charge in [-0.2, -0.15) is 0 Å². The molecule has 0 spiro atoms. The van der Waals surface area contributed by atoms with Crippen molar-refractivity contribution in [2.45, 2.75) is 13.0 Å². The Morgan fingerprint density at radius 1 is 1.24 bits per heavy atom. The van der Waals surface area contributed by atoms with Crippen LogP contribution in [0.15, 0.2) is 47.5 Å². The number of nitrogens with one attached hydrogen (secondary N) is 1. The highest BCUT2D eigenvalue weighted by Crippen LogP contribution is 2.27. The maximum atomic E-state index is 4.08. The quantitative estimate of drug-likeness (QED) is 0.941. The van der Waals surface area contributed by atoms with Gasteiger partial charge in [0.25, 0.3) is 0 Å². The average molecular weight is 292 g/mol. The van der Waals surface area contributed by atoms with Crippen molar-refractivity contribution in [2.75, 3.05) is 6.54 Å². The molecular weight excluding hydrogens is 278 g/mol. The van der Waals surface area contributed by atoms with Gasteiger partial charge in [-0.25, -0.2) is 9.97 Å². The molecule has 0 aliphatic carbocycles. The number of rotatable bonds is 4. The zero-order valence-corrected chi connectivity index (χ0v) is 11.2. The molecule has 1 unspecified atom stereocenters. The molecule has 0 aliphatic rings. The van der Waals surface area contributed by atoms with Gasteiger partial charge in [0.05, 0.1) is 6.04 Å². The lowest BCUT2D eigenvalue weighted by atomic mass is 10.0. The fourth-order valence-corrected chi connectivity index (χ4v) is 2.29. The second-order valence-electron chi connectivity index (χ2n) is 3.68. The molecule has 0 saturated carbocycles. The smallest absolute Gasteiger partial charge is 0.115 e. The van der Waals surface area contributed by atoms with E-state index in [1.807, 2.05) is 30.6 Å². The molecule has 88 valence electrons. The minimum Gasteiger partial charge on any atom is -0.306 e. The van der Waals surface area contributed by atoms with Crippen LogP contribution in [0.4, 0.5) is 0 Å². The first-order chi connectivity index (χ1) is 8.33. The molecule has 1 heterocycles. The van der Waals surface area contributed by atoms with Crippen LogP contribution in [0, 0.1) is 0 Å². The molecule has 3 nitrogen and oxygen atoms in total. The standard InChI is InChI=1S/C13H14BrN3/c1-2-17-13(10-7-15-9-16-8-10)11-5-3-4-6-12(11)14/h3-9,13,17H,2H2,1H3. The summed E-state index contributed by atoms with van der Waals surface area (Å²) < 4.78 is 1.09. The molecule has 1 atom stereocenters. The number of aromatic nitrogens is 2. The Morgan fingerprint density at radius 2 is 1.94 bits per heavy atom. The van der Waals surface area contributed by atoms with Crippen molar-refractivity contribution in [1.82, 2.24) is 15.3 Å². The predicted molar refractivity (Wildman–Crippen MR) is 71.7 cm³/mol. The van der Waals surface area contributed by atoms with E-state index in [1.54, 1.807) is 6.33 Å². The summed E-state index contributed by atoms with van der Waals surface area (Å²) in [5.74, 6) is 0. The number of benzene rings is 1. The van der Waals surface area contributed by atoms with E-state index >= 15 is 0 Å². The Balaban J connectivity index is 2.39. The van der Waals surface area contributed by atoms with Gasteiger partial charge in [-0.05, 0) is 18.2 Å². The minimum atomic E-state index is 0.122. The summed E-state index contributed by atoms with van der Waals surface area (Å²) in [6.07, 6.45) is 5.24. The van der Waals surface area contributed by atoms with Crippen molar-refractivity contribution in [1.29, 1.82) is 0 Å². The van der Waals surface area contributed by atoms with Crippen molar-refractivity contribution in [3.63, 3.8) is 0 Å². The predicted octanol–water partition coefficient (Wildman–Crippen LogP) is 2.94. The Kier molecular flexibility index (Phi) is 4.23. The summed E-state index contributed by atoms with van der Waals surface area (Å²) in [5.41, 5.74) is 2.27. The van der Waals surface area contributed by atoms with Gasteiger partial charge < -0.3 is 5.32 Å². The number of hydrogen-bond donors (Lipinski definition) is 1. The van der Waals surface area contributed by atoms with Gasteiger partial charge >= 0.3 is 0 Å². The molecule has 0 aliphatic heterocycles. The van der Waals surface area contributed by atoms with E-state index in [0.717, 1.165) is 16.6 Å².